The molecule has 4 unspecified atom stereocenters. The molecule has 0 heterocycles. The van der Waals surface area contributed by atoms with E-state index in [9.17, 15) is 0 Å². The summed E-state index contributed by atoms with van der Waals surface area (Å²) in [5.41, 5.74) is 0. The average Bonchev–Trinajstić information content (AvgIpc) is 1.79. The number of rotatable bonds is 4. The minimum atomic E-state index is -0.375. The quantitative estimate of drug-likeness (QED) is 0.544. The Labute approximate surface area is 107 Å². The largest absolute Gasteiger partial charge is 0.393 e. The first-order valence-electron chi connectivity index (χ1n) is 4.98. The first-order chi connectivity index (χ1) is 6.25. The van der Waals surface area contributed by atoms with Crippen molar-refractivity contribution in [3.8, 4) is 0 Å². The van der Waals surface area contributed by atoms with Crippen LogP contribution in [0, 0.1) is 0 Å². The molecule has 0 aromatic rings. The van der Waals surface area contributed by atoms with Crippen LogP contribution >= 0.6 is 0 Å². The molecule has 0 aliphatic carbocycles. The molecule has 4 atom stereocenters. The van der Waals surface area contributed by atoms with Crippen LogP contribution in [0.5, 0.6) is 0 Å². The van der Waals surface area contributed by atoms with Gasteiger partial charge in [0, 0.05) is 21.1 Å². The van der Waals surface area contributed by atoms with Crippen LogP contribution in [0.25, 0.3) is 0 Å². The monoisotopic (exact) mass is 403 g/mol. The summed E-state index contributed by atoms with van der Waals surface area (Å²) >= 11 is 0. The van der Waals surface area contributed by atoms with Crippen molar-refractivity contribution in [1.82, 2.24) is 0 Å². The first kappa shape index (κ1) is 20.9. The van der Waals surface area contributed by atoms with Gasteiger partial charge in [0.25, 0.3) is 0 Å². The van der Waals surface area contributed by atoms with Crippen LogP contribution in [0.15, 0.2) is 0 Å². The molecule has 98 valence electrons. The van der Waals surface area contributed by atoms with Gasteiger partial charge < -0.3 is 20.4 Å². The van der Waals surface area contributed by atoms with Crippen molar-refractivity contribution >= 4 is 0 Å². The molecule has 0 aliphatic heterocycles. The predicted octanol–water partition coefficient (Wildman–Crippen LogP) is 0.274. The van der Waals surface area contributed by atoms with Crippen molar-refractivity contribution in [3.05, 3.63) is 0 Å². The van der Waals surface area contributed by atoms with E-state index < -0.39 is 0 Å². The van der Waals surface area contributed by atoms with Crippen LogP contribution < -0.4 is 0 Å². The van der Waals surface area contributed by atoms with Gasteiger partial charge in [-0.2, -0.15) is 0 Å². The van der Waals surface area contributed by atoms with Crippen LogP contribution in [0.3, 0.4) is 0 Å². The Kier molecular flexibility index (Phi) is 17.5. The second-order valence-electron chi connectivity index (χ2n) is 3.87. The fraction of sp³-hybridized carbons (Fsp3) is 1.00. The summed E-state index contributed by atoms with van der Waals surface area (Å²) in [5.74, 6) is 0. The molecule has 0 fully saturated rings. The second-order valence-corrected chi connectivity index (χ2v) is 3.87. The third-order valence-corrected chi connectivity index (χ3v) is 1.36. The van der Waals surface area contributed by atoms with Gasteiger partial charge >= 0.3 is 0 Å². The molecule has 0 bridgehead atoms. The van der Waals surface area contributed by atoms with Gasteiger partial charge in [-0.05, 0) is 40.5 Å². The van der Waals surface area contributed by atoms with Crippen molar-refractivity contribution in [2.45, 2.75) is 65.0 Å². The summed E-state index contributed by atoms with van der Waals surface area (Å²) in [4.78, 5) is 0. The van der Waals surface area contributed by atoms with Gasteiger partial charge in [-0.25, -0.2) is 0 Å². The number of aliphatic hydroxyl groups excluding tert-OH is 4. The van der Waals surface area contributed by atoms with Gasteiger partial charge in [0.2, 0.25) is 0 Å². The van der Waals surface area contributed by atoms with E-state index in [1.165, 1.54) is 0 Å². The Morgan fingerprint density at radius 3 is 0.733 bits per heavy atom. The molecule has 4 nitrogen and oxygen atoms in total. The molecule has 0 saturated heterocycles. The zero-order valence-corrected chi connectivity index (χ0v) is 12.1. The third-order valence-electron chi connectivity index (χ3n) is 1.36. The van der Waals surface area contributed by atoms with Crippen molar-refractivity contribution in [2.75, 3.05) is 0 Å². The topological polar surface area (TPSA) is 80.9 Å². The van der Waals surface area contributed by atoms with Gasteiger partial charge in [0.15, 0.2) is 0 Å². The first-order valence-corrected chi connectivity index (χ1v) is 4.98. The van der Waals surface area contributed by atoms with E-state index in [-0.39, 0.29) is 45.5 Å². The van der Waals surface area contributed by atoms with E-state index in [0.29, 0.717) is 12.8 Å². The van der Waals surface area contributed by atoms with Crippen LogP contribution in [-0.4, -0.2) is 44.8 Å². The smallest absolute Gasteiger partial charge is 0.0536 e. The van der Waals surface area contributed by atoms with Crippen LogP contribution in [0.1, 0.15) is 40.5 Å². The molecule has 0 aromatic carbocycles. The summed E-state index contributed by atoms with van der Waals surface area (Å²) in [6.45, 7) is 6.64. The molecule has 0 spiro atoms. The van der Waals surface area contributed by atoms with Gasteiger partial charge in [0.05, 0.1) is 24.4 Å². The van der Waals surface area contributed by atoms with Crippen molar-refractivity contribution < 1.29 is 41.5 Å². The normalized spacial score (nSPS) is 17.6. The molecule has 5 heteroatoms. The Hall–Kier alpha value is 0.528. The van der Waals surface area contributed by atoms with Gasteiger partial charge in [-0.3, -0.25) is 0 Å². The fourth-order valence-electron chi connectivity index (χ4n) is 0.987. The second kappa shape index (κ2) is 12.6. The SMILES string of the molecule is CC(O)CC(C)O.CC(O)CC(C)O.[Pt]. The van der Waals surface area contributed by atoms with Gasteiger partial charge in [-0.1, -0.05) is 0 Å². The molecule has 0 amide bonds. The molecule has 0 aromatic heterocycles. The van der Waals surface area contributed by atoms with E-state index in [1.54, 1.807) is 27.7 Å². The summed E-state index contributed by atoms with van der Waals surface area (Å²) in [7, 11) is 0. The van der Waals surface area contributed by atoms with Gasteiger partial charge in [-0.15, -0.1) is 0 Å². The molecule has 15 heavy (non-hydrogen) atoms. The zero-order valence-electron chi connectivity index (χ0n) is 9.83. The van der Waals surface area contributed by atoms with Crippen LogP contribution in [-0.2, 0) is 21.1 Å². The molecular weight excluding hydrogens is 379 g/mol. The molecule has 0 saturated carbocycles. The van der Waals surface area contributed by atoms with E-state index in [1.807, 2.05) is 0 Å². The number of hydrogen-bond acceptors (Lipinski definition) is 4. The summed E-state index contributed by atoms with van der Waals surface area (Å²) in [6, 6.07) is 0. The van der Waals surface area contributed by atoms with Crippen molar-refractivity contribution in [1.29, 1.82) is 0 Å². The maximum absolute atomic E-state index is 8.56. The van der Waals surface area contributed by atoms with Crippen molar-refractivity contribution in [3.63, 3.8) is 0 Å². The summed E-state index contributed by atoms with van der Waals surface area (Å²) < 4.78 is 0. The number of hydrogen-bond donors (Lipinski definition) is 4. The van der Waals surface area contributed by atoms with Crippen LogP contribution in [0.2, 0.25) is 0 Å². The Morgan fingerprint density at radius 2 is 0.733 bits per heavy atom. The Balaban J connectivity index is -0.000000180. The van der Waals surface area contributed by atoms with Gasteiger partial charge in [0.1, 0.15) is 0 Å². The molecule has 4 N–H and O–H groups in total. The predicted molar refractivity (Wildman–Crippen MR) is 56.0 cm³/mol. The standard InChI is InChI=1S/2C5H12O2.Pt/c2*1-4(6)3-5(2)7;/h2*4-7H,3H2,1-2H3;. The molecule has 0 aliphatic rings. The fourth-order valence-corrected chi connectivity index (χ4v) is 0.987. The maximum Gasteiger partial charge on any atom is 0.0536 e. The van der Waals surface area contributed by atoms with Crippen LogP contribution in [0.4, 0.5) is 0 Å². The summed E-state index contributed by atoms with van der Waals surface area (Å²) in [5, 5.41) is 34.3. The van der Waals surface area contributed by atoms with E-state index in [2.05, 4.69) is 0 Å². The zero-order chi connectivity index (χ0) is 11.7. The van der Waals surface area contributed by atoms with E-state index in [0.717, 1.165) is 0 Å². The summed E-state index contributed by atoms with van der Waals surface area (Å²) in [6.07, 6.45) is -0.556. The minimum Gasteiger partial charge on any atom is -0.393 e. The van der Waals surface area contributed by atoms with E-state index in [4.69, 9.17) is 20.4 Å². The maximum atomic E-state index is 8.56. The average molecular weight is 403 g/mol. The Morgan fingerprint density at radius 1 is 0.600 bits per heavy atom. The third kappa shape index (κ3) is 31.4. The number of aliphatic hydroxyl groups is 4. The Bertz CT molecular complexity index is 90.0. The molecular formula is C10H24O4Pt. The molecule has 0 radical (unpaired) electrons. The van der Waals surface area contributed by atoms with E-state index >= 15 is 0 Å². The molecule has 0 rings (SSSR count). The minimum absolute atomic E-state index is 0. The van der Waals surface area contributed by atoms with Crippen molar-refractivity contribution in [2.24, 2.45) is 0 Å².